The van der Waals surface area contributed by atoms with Crippen LogP contribution < -0.4 is 10.1 Å². The van der Waals surface area contributed by atoms with Gasteiger partial charge in [-0.25, -0.2) is 0 Å². The number of hydrogen-bond donors (Lipinski definition) is 1. The van der Waals surface area contributed by atoms with E-state index in [1.54, 1.807) is 7.11 Å². The van der Waals surface area contributed by atoms with Crippen molar-refractivity contribution in [1.82, 2.24) is 5.32 Å². The summed E-state index contributed by atoms with van der Waals surface area (Å²) in [5.41, 5.74) is 1.02. The molecule has 1 rings (SSSR count). The van der Waals surface area contributed by atoms with Crippen molar-refractivity contribution in [3.8, 4) is 18.1 Å². The number of ether oxygens (including phenoxy) is 1. The Bertz CT molecular complexity index is 384. The third-order valence-electron chi connectivity index (χ3n) is 2.39. The quantitative estimate of drug-likeness (QED) is 0.796. The fraction of sp³-hybridized carbons (Fsp3) is 0.385. The van der Waals surface area contributed by atoms with Crippen LogP contribution in [-0.4, -0.2) is 13.2 Å². The Hall–Kier alpha value is -1.17. The van der Waals surface area contributed by atoms with E-state index >= 15 is 0 Å². The van der Waals surface area contributed by atoms with Gasteiger partial charge in [-0.15, -0.1) is 6.42 Å². The van der Waals surface area contributed by atoms with E-state index in [1.165, 1.54) is 0 Å². The molecule has 0 spiro atoms. The standard InChI is InChI=1S/C13H16ClNO/c1-4-12(5-2)15-9-10-8-11(14)6-7-13(10)16-3/h1,6-8,12,15H,5,9H2,2-3H3. The molecule has 0 heterocycles. The zero-order chi connectivity index (χ0) is 12.0. The largest absolute Gasteiger partial charge is 0.496 e. The average molecular weight is 238 g/mol. The predicted molar refractivity (Wildman–Crippen MR) is 67.8 cm³/mol. The molecule has 1 atom stereocenters. The normalized spacial score (nSPS) is 11.9. The van der Waals surface area contributed by atoms with Crippen LogP contribution in [-0.2, 0) is 6.54 Å². The van der Waals surface area contributed by atoms with Crippen molar-refractivity contribution in [2.45, 2.75) is 25.9 Å². The second-order valence-corrected chi connectivity index (χ2v) is 3.90. The van der Waals surface area contributed by atoms with Gasteiger partial charge in [-0.1, -0.05) is 24.4 Å². The van der Waals surface area contributed by atoms with Gasteiger partial charge in [0.15, 0.2) is 0 Å². The highest BCUT2D eigenvalue weighted by atomic mass is 35.5. The monoisotopic (exact) mass is 237 g/mol. The molecule has 0 aliphatic carbocycles. The van der Waals surface area contributed by atoms with Crippen molar-refractivity contribution in [2.24, 2.45) is 0 Å². The van der Waals surface area contributed by atoms with Gasteiger partial charge < -0.3 is 4.74 Å². The van der Waals surface area contributed by atoms with Gasteiger partial charge in [0.2, 0.25) is 0 Å². The average Bonchev–Trinajstić information content (AvgIpc) is 2.30. The molecule has 1 aromatic carbocycles. The van der Waals surface area contributed by atoms with Crippen LogP contribution in [0, 0.1) is 12.3 Å². The molecule has 86 valence electrons. The molecule has 3 heteroatoms. The van der Waals surface area contributed by atoms with Crippen LogP contribution in [0.5, 0.6) is 5.75 Å². The SMILES string of the molecule is C#CC(CC)NCc1cc(Cl)ccc1OC. The number of nitrogens with one attached hydrogen (secondary N) is 1. The molecule has 16 heavy (non-hydrogen) atoms. The second-order valence-electron chi connectivity index (χ2n) is 3.46. The van der Waals surface area contributed by atoms with Crippen molar-refractivity contribution >= 4 is 11.6 Å². The summed E-state index contributed by atoms with van der Waals surface area (Å²) >= 11 is 5.93. The van der Waals surface area contributed by atoms with Crippen molar-refractivity contribution < 1.29 is 4.74 Å². The van der Waals surface area contributed by atoms with E-state index in [2.05, 4.69) is 11.2 Å². The predicted octanol–water partition coefficient (Wildman–Crippen LogP) is 2.85. The molecule has 1 aromatic rings. The molecule has 1 unspecified atom stereocenters. The van der Waals surface area contributed by atoms with Crippen molar-refractivity contribution in [3.05, 3.63) is 28.8 Å². The number of hydrogen-bond acceptors (Lipinski definition) is 2. The maximum atomic E-state index is 5.93. The Labute approximate surface area is 102 Å². The molecule has 0 amide bonds. The number of methoxy groups -OCH3 is 1. The summed E-state index contributed by atoms with van der Waals surface area (Å²) in [5, 5.41) is 3.96. The molecule has 0 aliphatic rings. The summed E-state index contributed by atoms with van der Waals surface area (Å²) in [6, 6.07) is 5.64. The minimum atomic E-state index is 0.0867. The van der Waals surface area contributed by atoms with E-state index in [0.717, 1.165) is 17.7 Å². The summed E-state index contributed by atoms with van der Waals surface area (Å²) < 4.78 is 5.25. The first kappa shape index (κ1) is 12.9. The summed E-state index contributed by atoms with van der Waals surface area (Å²) in [7, 11) is 1.64. The Morgan fingerprint density at radius 3 is 2.88 bits per heavy atom. The lowest BCUT2D eigenvalue weighted by molar-refractivity contribution is 0.406. The topological polar surface area (TPSA) is 21.3 Å². The smallest absolute Gasteiger partial charge is 0.123 e. The lowest BCUT2D eigenvalue weighted by Gasteiger charge is -2.13. The van der Waals surface area contributed by atoms with E-state index in [1.807, 2.05) is 25.1 Å². The summed E-state index contributed by atoms with van der Waals surface area (Å²) in [6.45, 7) is 2.71. The van der Waals surface area contributed by atoms with E-state index < -0.39 is 0 Å². The van der Waals surface area contributed by atoms with E-state index in [-0.39, 0.29) is 6.04 Å². The summed E-state index contributed by atoms with van der Waals surface area (Å²) in [4.78, 5) is 0. The van der Waals surface area contributed by atoms with Gasteiger partial charge in [-0.2, -0.15) is 0 Å². The van der Waals surface area contributed by atoms with Gasteiger partial charge in [-0.3, -0.25) is 5.32 Å². The molecule has 2 nitrogen and oxygen atoms in total. The first-order valence-electron chi connectivity index (χ1n) is 5.23. The lowest BCUT2D eigenvalue weighted by Crippen LogP contribution is -2.26. The van der Waals surface area contributed by atoms with Crippen LogP contribution in [0.15, 0.2) is 18.2 Å². The Balaban J connectivity index is 2.72. The molecular weight excluding hydrogens is 222 g/mol. The third-order valence-corrected chi connectivity index (χ3v) is 2.63. The highest BCUT2D eigenvalue weighted by Gasteiger charge is 2.06. The van der Waals surface area contributed by atoms with Crippen LogP contribution in [0.1, 0.15) is 18.9 Å². The van der Waals surface area contributed by atoms with Gasteiger partial charge in [0.05, 0.1) is 13.2 Å². The van der Waals surface area contributed by atoms with Crippen molar-refractivity contribution in [1.29, 1.82) is 0 Å². The summed E-state index contributed by atoms with van der Waals surface area (Å²) in [5.74, 6) is 3.51. The zero-order valence-electron chi connectivity index (χ0n) is 9.59. The molecule has 0 fully saturated rings. The molecule has 1 N–H and O–H groups in total. The van der Waals surface area contributed by atoms with E-state index in [0.29, 0.717) is 11.6 Å². The number of benzene rings is 1. The molecular formula is C13H16ClNO. The van der Waals surface area contributed by atoms with Crippen molar-refractivity contribution in [2.75, 3.05) is 7.11 Å². The van der Waals surface area contributed by atoms with E-state index in [4.69, 9.17) is 22.8 Å². The fourth-order valence-corrected chi connectivity index (χ4v) is 1.63. The molecule has 0 aliphatic heterocycles. The van der Waals surface area contributed by atoms with Gasteiger partial charge in [0.1, 0.15) is 5.75 Å². The summed E-state index contributed by atoms with van der Waals surface area (Å²) in [6.07, 6.45) is 6.28. The number of terminal acetylenes is 1. The van der Waals surface area contributed by atoms with Crippen LogP contribution in [0.2, 0.25) is 5.02 Å². The zero-order valence-corrected chi connectivity index (χ0v) is 10.3. The Kier molecular flexibility index (Phi) is 5.18. The minimum Gasteiger partial charge on any atom is -0.496 e. The van der Waals surface area contributed by atoms with Crippen LogP contribution >= 0.6 is 11.6 Å². The fourth-order valence-electron chi connectivity index (χ4n) is 1.44. The molecule has 0 aromatic heterocycles. The lowest BCUT2D eigenvalue weighted by atomic mass is 10.1. The van der Waals surface area contributed by atoms with Crippen LogP contribution in [0.25, 0.3) is 0 Å². The van der Waals surface area contributed by atoms with Crippen LogP contribution in [0.4, 0.5) is 0 Å². The first-order valence-corrected chi connectivity index (χ1v) is 5.61. The molecule has 0 saturated carbocycles. The van der Waals surface area contributed by atoms with Crippen molar-refractivity contribution in [3.63, 3.8) is 0 Å². The second kappa shape index (κ2) is 6.42. The van der Waals surface area contributed by atoms with Gasteiger partial charge in [-0.05, 0) is 24.6 Å². The Morgan fingerprint density at radius 1 is 1.56 bits per heavy atom. The number of rotatable bonds is 5. The molecule has 0 saturated heterocycles. The van der Waals surface area contributed by atoms with E-state index in [9.17, 15) is 0 Å². The first-order chi connectivity index (χ1) is 7.71. The highest BCUT2D eigenvalue weighted by molar-refractivity contribution is 6.30. The highest BCUT2D eigenvalue weighted by Crippen LogP contribution is 2.22. The maximum absolute atomic E-state index is 5.93. The van der Waals surface area contributed by atoms with Crippen LogP contribution in [0.3, 0.4) is 0 Å². The van der Waals surface area contributed by atoms with Gasteiger partial charge >= 0.3 is 0 Å². The minimum absolute atomic E-state index is 0.0867. The maximum Gasteiger partial charge on any atom is 0.123 e. The van der Waals surface area contributed by atoms with Gasteiger partial charge in [0.25, 0.3) is 0 Å². The Morgan fingerprint density at radius 2 is 2.31 bits per heavy atom. The molecule has 0 radical (unpaired) electrons. The van der Waals surface area contributed by atoms with Gasteiger partial charge in [0, 0.05) is 17.1 Å². The molecule has 0 bridgehead atoms. The number of halogens is 1. The third kappa shape index (κ3) is 3.44.